The van der Waals surface area contributed by atoms with Gasteiger partial charge in [0.05, 0.1) is 6.26 Å². The number of rotatable bonds is 3. The van der Waals surface area contributed by atoms with Gasteiger partial charge in [0.15, 0.2) is 0 Å². The van der Waals surface area contributed by atoms with Crippen molar-refractivity contribution >= 4 is 20.9 Å². The van der Waals surface area contributed by atoms with Gasteiger partial charge in [-0.25, -0.2) is 12.7 Å². The van der Waals surface area contributed by atoms with E-state index in [0.717, 1.165) is 16.7 Å². The molecule has 6 heteroatoms. The Balaban J connectivity index is 1.73. The summed E-state index contributed by atoms with van der Waals surface area (Å²) in [6.45, 7) is 1.03. The van der Waals surface area contributed by atoms with Crippen molar-refractivity contribution in [3.05, 3.63) is 36.5 Å². The monoisotopic (exact) mass is 306 g/mol. The Morgan fingerprint density at radius 3 is 2.62 bits per heavy atom. The SMILES string of the molecule is CS(=O)(=O)N1CCC(Oc2cccc3cccnc23)CC1. The quantitative estimate of drug-likeness (QED) is 0.870. The van der Waals surface area contributed by atoms with Crippen LogP contribution in [0.4, 0.5) is 0 Å². The fourth-order valence-corrected chi connectivity index (χ4v) is 3.51. The van der Waals surface area contributed by atoms with Crippen LogP contribution >= 0.6 is 0 Å². The molecule has 0 bridgehead atoms. The summed E-state index contributed by atoms with van der Waals surface area (Å²) in [6.07, 6.45) is 4.45. The number of fused-ring (bicyclic) bond motifs is 1. The molecule has 0 unspecified atom stereocenters. The molecular formula is C15H18N2O3S. The molecule has 3 rings (SSSR count). The van der Waals surface area contributed by atoms with E-state index < -0.39 is 10.0 Å². The third-order valence-corrected chi connectivity index (χ3v) is 5.06. The molecule has 0 amide bonds. The second-order valence-electron chi connectivity index (χ2n) is 5.31. The molecule has 112 valence electrons. The highest BCUT2D eigenvalue weighted by molar-refractivity contribution is 7.88. The molecule has 5 nitrogen and oxygen atoms in total. The van der Waals surface area contributed by atoms with Crippen molar-refractivity contribution in [3.63, 3.8) is 0 Å². The first-order chi connectivity index (χ1) is 10.0. The summed E-state index contributed by atoms with van der Waals surface area (Å²) >= 11 is 0. The Bertz CT molecular complexity index is 732. The van der Waals surface area contributed by atoms with Gasteiger partial charge in [0.1, 0.15) is 17.4 Å². The van der Waals surface area contributed by atoms with Crippen LogP contribution in [0.3, 0.4) is 0 Å². The third-order valence-electron chi connectivity index (χ3n) is 3.76. The molecule has 1 aromatic heterocycles. The van der Waals surface area contributed by atoms with E-state index in [0.29, 0.717) is 25.9 Å². The summed E-state index contributed by atoms with van der Waals surface area (Å²) in [5.41, 5.74) is 0.852. The van der Waals surface area contributed by atoms with Crippen molar-refractivity contribution in [1.82, 2.24) is 9.29 Å². The van der Waals surface area contributed by atoms with Crippen molar-refractivity contribution in [2.45, 2.75) is 18.9 Å². The summed E-state index contributed by atoms with van der Waals surface area (Å²) in [6, 6.07) is 9.77. The van der Waals surface area contributed by atoms with Gasteiger partial charge >= 0.3 is 0 Å². The first kappa shape index (κ1) is 14.3. The van der Waals surface area contributed by atoms with Crippen LogP contribution in [0.5, 0.6) is 5.75 Å². The lowest BCUT2D eigenvalue weighted by Crippen LogP contribution is -2.41. The molecule has 0 radical (unpaired) electrons. The molecule has 0 N–H and O–H groups in total. The lowest BCUT2D eigenvalue weighted by Gasteiger charge is -2.30. The Morgan fingerprint density at radius 1 is 1.19 bits per heavy atom. The van der Waals surface area contributed by atoms with E-state index in [1.807, 2.05) is 30.3 Å². The number of hydrogen-bond donors (Lipinski definition) is 0. The zero-order valence-electron chi connectivity index (χ0n) is 11.9. The van der Waals surface area contributed by atoms with Crippen LogP contribution in [0, 0.1) is 0 Å². The van der Waals surface area contributed by atoms with Crippen LogP contribution in [-0.2, 0) is 10.0 Å². The molecule has 21 heavy (non-hydrogen) atoms. The van der Waals surface area contributed by atoms with Gasteiger partial charge in [-0.1, -0.05) is 18.2 Å². The molecule has 1 fully saturated rings. The predicted octanol–water partition coefficient (Wildman–Crippen LogP) is 2.04. The second-order valence-corrected chi connectivity index (χ2v) is 7.29. The van der Waals surface area contributed by atoms with Crippen LogP contribution in [-0.4, -0.2) is 43.2 Å². The molecule has 0 spiro atoms. The number of hydrogen-bond acceptors (Lipinski definition) is 4. The number of piperidine rings is 1. The summed E-state index contributed by atoms with van der Waals surface area (Å²) in [4.78, 5) is 4.37. The fourth-order valence-electron chi connectivity index (χ4n) is 2.63. The minimum absolute atomic E-state index is 0.0376. The maximum atomic E-state index is 11.5. The Hall–Kier alpha value is -1.66. The second kappa shape index (κ2) is 5.61. The first-order valence-corrected chi connectivity index (χ1v) is 8.84. The van der Waals surface area contributed by atoms with Crippen molar-refractivity contribution in [3.8, 4) is 5.75 Å². The molecule has 1 saturated heterocycles. The molecule has 0 saturated carbocycles. The number of nitrogens with zero attached hydrogens (tertiary/aromatic N) is 2. The molecule has 1 aliphatic heterocycles. The van der Waals surface area contributed by atoms with E-state index in [-0.39, 0.29) is 6.10 Å². The van der Waals surface area contributed by atoms with E-state index in [1.54, 1.807) is 6.20 Å². The normalized spacial score (nSPS) is 18.0. The van der Waals surface area contributed by atoms with Gasteiger partial charge in [-0.15, -0.1) is 0 Å². The highest BCUT2D eigenvalue weighted by Crippen LogP contribution is 2.26. The molecule has 2 heterocycles. The highest BCUT2D eigenvalue weighted by Gasteiger charge is 2.26. The summed E-state index contributed by atoms with van der Waals surface area (Å²) in [5.74, 6) is 0.769. The number of para-hydroxylation sites is 1. The van der Waals surface area contributed by atoms with Gasteiger partial charge in [0.25, 0.3) is 0 Å². The van der Waals surface area contributed by atoms with E-state index in [4.69, 9.17) is 4.74 Å². The standard InChI is InChI=1S/C15H18N2O3S/c1-21(18,19)17-10-7-13(8-11-17)20-14-6-2-4-12-5-3-9-16-15(12)14/h2-6,9,13H,7-8,10-11H2,1H3. The molecule has 1 aliphatic rings. The van der Waals surface area contributed by atoms with E-state index in [2.05, 4.69) is 4.98 Å². The van der Waals surface area contributed by atoms with Crippen molar-refractivity contribution in [2.75, 3.05) is 19.3 Å². The largest absolute Gasteiger partial charge is 0.488 e. The number of benzene rings is 1. The zero-order valence-corrected chi connectivity index (χ0v) is 12.7. The smallest absolute Gasteiger partial charge is 0.211 e. The minimum Gasteiger partial charge on any atom is -0.488 e. The average molecular weight is 306 g/mol. The van der Waals surface area contributed by atoms with Gasteiger partial charge in [0, 0.05) is 24.7 Å². The molecule has 0 atom stereocenters. The van der Waals surface area contributed by atoms with Gasteiger partial charge in [-0.2, -0.15) is 0 Å². The van der Waals surface area contributed by atoms with Gasteiger partial charge in [-0.3, -0.25) is 4.98 Å². The summed E-state index contributed by atoms with van der Waals surface area (Å²) < 4.78 is 30.6. The Labute approximate surface area is 124 Å². The van der Waals surface area contributed by atoms with Gasteiger partial charge in [-0.05, 0) is 25.0 Å². The van der Waals surface area contributed by atoms with Crippen LogP contribution in [0.25, 0.3) is 10.9 Å². The van der Waals surface area contributed by atoms with Gasteiger partial charge in [0.2, 0.25) is 10.0 Å². The Morgan fingerprint density at radius 2 is 1.90 bits per heavy atom. The summed E-state index contributed by atoms with van der Waals surface area (Å²) in [5, 5.41) is 1.04. The maximum Gasteiger partial charge on any atom is 0.211 e. The number of aromatic nitrogens is 1. The summed E-state index contributed by atoms with van der Waals surface area (Å²) in [7, 11) is -3.09. The first-order valence-electron chi connectivity index (χ1n) is 6.99. The minimum atomic E-state index is -3.09. The lowest BCUT2D eigenvalue weighted by molar-refractivity contribution is 0.137. The topological polar surface area (TPSA) is 59.5 Å². The lowest BCUT2D eigenvalue weighted by atomic mass is 10.1. The van der Waals surface area contributed by atoms with Crippen LogP contribution in [0.2, 0.25) is 0 Å². The number of pyridine rings is 1. The fraction of sp³-hybridized carbons (Fsp3) is 0.400. The molecule has 1 aromatic carbocycles. The highest BCUT2D eigenvalue weighted by atomic mass is 32.2. The predicted molar refractivity (Wildman–Crippen MR) is 81.8 cm³/mol. The van der Waals surface area contributed by atoms with E-state index in [9.17, 15) is 8.42 Å². The van der Waals surface area contributed by atoms with Crippen LogP contribution in [0.1, 0.15) is 12.8 Å². The Kier molecular flexibility index (Phi) is 3.82. The number of sulfonamides is 1. The maximum absolute atomic E-state index is 11.5. The van der Waals surface area contributed by atoms with Crippen molar-refractivity contribution in [2.24, 2.45) is 0 Å². The molecule has 0 aliphatic carbocycles. The molecule has 2 aromatic rings. The van der Waals surface area contributed by atoms with Crippen LogP contribution < -0.4 is 4.74 Å². The van der Waals surface area contributed by atoms with E-state index >= 15 is 0 Å². The van der Waals surface area contributed by atoms with Crippen molar-refractivity contribution in [1.29, 1.82) is 0 Å². The zero-order chi connectivity index (χ0) is 14.9. The molecular weight excluding hydrogens is 288 g/mol. The van der Waals surface area contributed by atoms with Crippen molar-refractivity contribution < 1.29 is 13.2 Å². The van der Waals surface area contributed by atoms with Gasteiger partial charge < -0.3 is 4.74 Å². The average Bonchev–Trinajstić information content (AvgIpc) is 2.47. The number of ether oxygens (including phenoxy) is 1. The van der Waals surface area contributed by atoms with E-state index in [1.165, 1.54) is 10.6 Å². The third kappa shape index (κ3) is 3.16. The van der Waals surface area contributed by atoms with Crippen LogP contribution in [0.15, 0.2) is 36.5 Å².